The molecule has 0 radical (unpaired) electrons. The number of carboxylic acids is 1. The molecule has 7 nitrogen and oxygen atoms in total. The topological polar surface area (TPSA) is 109 Å². The van der Waals surface area contributed by atoms with Gasteiger partial charge in [-0.3, -0.25) is 4.79 Å². The van der Waals surface area contributed by atoms with Crippen molar-refractivity contribution in [2.24, 2.45) is 0 Å². The molecule has 0 aliphatic rings. The number of nitriles is 1. The first-order valence-electron chi connectivity index (χ1n) is 8.55. The van der Waals surface area contributed by atoms with E-state index in [0.717, 1.165) is 6.42 Å². The van der Waals surface area contributed by atoms with Gasteiger partial charge in [0.25, 0.3) is 5.91 Å². The van der Waals surface area contributed by atoms with Crippen molar-refractivity contribution in [3.8, 4) is 17.6 Å². The molecule has 0 atom stereocenters. The van der Waals surface area contributed by atoms with Crippen molar-refractivity contribution in [2.75, 3.05) is 19.0 Å². The molecular formula is C21H20N2O5. The summed E-state index contributed by atoms with van der Waals surface area (Å²) in [5.41, 5.74) is 0.990. The number of carbonyl (C=O) groups is 2. The lowest BCUT2D eigenvalue weighted by atomic mass is 10.1. The van der Waals surface area contributed by atoms with Crippen LogP contribution in [0.2, 0.25) is 0 Å². The van der Waals surface area contributed by atoms with Gasteiger partial charge in [-0.15, -0.1) is 0 Å². The second-order valence-electron chi connectivity index (χ2n) is 5.77. The van der Waals surface area contributed by atoms with Gasteiger partial charge in [-0.2, -0.15) is 5.26 Å². The zero-order chi connectivity index (χ0) is 20.5. The Balaban J connectivity index is 2.19. The number of rotatable bonds is 8. The van der Waals surface area contributed by atoms with E-state index in [-0.39, 0.29) is 11.1 Å². The molecule has 0 spiro atoms. The van der Waals surface area contributed by atoms with Crippen molar-refractivity contribution < 1.29 is 24.2 Å². The first-order chi connectivity index (χ1) is 13.5. The van der Waals surface area contributed by atoms with Crippen molar-refractivity contribution in [1.82, 2.24) is 0 Å². The van der Waals surface area contributed by atoms with Crippen LogP contribution >= 0.6 is 0 Å². The van der Waals surface area contributed by atoms with E-state index in [9.17, 15) is 14.9 Å². The summed E-state index contributed by atoms with van der Waals surface area (Å²) < 4.78 is 10.9. The molecule has 2 aromatic carbocycles. The third-order valence-electron chi connectivity index (χ3n) is 3.72. The predicted octanol–water partition coefficient (Wildman–Crippen LogP) is 3.73. The fourth-order valence-corrected chi connectivity index (χ4v) is 2.32. The van der Waals surface area contributed by atoms with E-state index >= 15 is 0 Å². The van der Waals surface area contributed by atoms with E-state index in [1.807, 2.05) is 13.0 Å². The van der Waals surface area contributed by atoms with Crippen molar-refractivity contribution in [2.45, 2.75) is 13.3 Å². The van der Waals surface area contributed by atoms with Crippen LogP contribution in [0.5, 0.6) is 11.5 Å². The maximum atomic E-state index is 12.4. The zero-order valence-electron chi connectivity index (χ0n) is 15.6. The summed E-state index contributed by atoms with van der Waals surface area (Å²) in [7, 11) is 1.51. The maximum absolute atomic E-state index is 12.4. The molecule has 7 heteroatoms. The van der Waals surface area contributed by atoms with Gasteiger partial charge in [0, 0.05) is 5.69 Å². The summed E-state index contributed by atoms with van der Waals surface area (Å²) >= 11 is 0. The number of ether oxygens (including phenoxy) is 2. The third-order valence-corrected chi connectivity index (χ3v) is 3.72. The molecule has 0 aromatic heterocycles. The normalized spacial score (nSPS) is 10.7. The van der Waals surface area contributed by atoms with Gasteiger partial charge in [0.15, 0.2) is 11.5 Å². The molecule has 0 aliphatic heterocycles. The lowest BCUT2D eigenvalue weighted by Gasteiger charge is -2.10. The molecule has 2 N–H and O–H groups in total. The Hall–Kier alpha value is -3.79. The average Bonchev–Trinajstić information content (AvgIpc) is 2.71. The summed E-state index contributed by atoms with van der Waals surface area (Å²) in [5, 5.41) is 20.8. The summed E-state index contributed by atoms with van der Waals surface area (Å²) in [4.78, 5) is 23.2. The second-order valence-corrected chi connectivity index (χ2v) is 5.77. The first kappa shape index (κ1) is 20.5. The Kier molecular flexibility index (Phi) is 7.17. The van der Waals surface area contributed by atoms with E-state index in [0.29, 0.717) is 29.4 Å². The lowest BCUT2D eigenvalue weighted by molar-refractivity contribution is -0.112. The number of carboxylic acid groups (broad SMARTS) is 1. The van der Waals surface area contributed by atoms with Crippen LogP contribution in [0.1, 0.15) is 29.3 Å². The Labute approximate surface area is 162 Å². The number of carbonyl (C=O) groups excluding carboxylic acids is 1. The molecule has 1 amide bonds. The second kappa shape index (κ2) is 9.78. The number of benzene rings is 2. The van der Waals surface area contributed by atoms with Crippen LogP contribution in [0, 0.1) is 11.3 Å². The minimum absolute atomic E-state index is 0.103. The molecule has 0 heterocycles. The fraction of sp³-hybridized carbons (Fsp3) is 0.190. The molecule has 0 saturated heterocycles. The van der Waals surface area contributed by atoms with Gasteiger partial charge in [0.1, 0.15) is 11.6 Å². The Bertz CT molecular complexity index is 927. The molecule has 0 aliphatic carbocycles. The Morgan fingerprint density at radius 2 is 1.89 bits per heavy atom. The highest BCUT2D eigenvalue weighted by Crippen LogP contribution is 2.29. The highest BCUT2D eigenvalue weighted by molar-refractivity contribution is 6.09. The number of hydrogen-bond donors (Lipinski definition) is 2. The molecule has 28 heavy (non-hydrogen) atoms. The van der Waals surface area contributed by atoms with Gasteiger partial charge in [0.2, 0.25) is 0 Å². The van der Waals surface area contributed by atoms with E-state index in [1.54, 1.807) is 18.2 Å². The zero-order valence-corrected chi connectivity index (χ0v) is 15.6. The minimum atomic E-state index is -1.06. The van der Waals surface area contributed by atoms with Crippen LogP contribution in [0.25, 0.3) is 6.08 Å². The van der Waals surface area contributed by atoms with Gasteiger partial charge in [-0.25, -0.2) is 4.79 Å². The number of nitrogens with zero attached hydrogens (tertiary/aromatic N) is 1. The number of aromatic carboxylic acids is 1. The average molecular weight is 380 g/mol. The smallest absolute Gasteiger partial charge is 0.335 e. The summed E-state index contributed by atoms with van der Waals surface area (Å²) in [6.45, 7) is 2.55. The Morgan fingerprint density at radius 1 is 1.18 bits per heavy atom. The standard InChI is InChI=1S/C21H20N2O5/c1-3-10-28-18-9-4-14(12-19(18)27-2)11-16(13-22)20(24)23-17-7-5-15(6-8-17)21(25)26/h4-9,11-12H,3,10H2,1-2H3,(H,23,24)(H,25,26)/b16-11+. The molecule has 144 valence electrons. The molecule has 0 saturated carbocycles. The molecule has 2 rings (SSSR count). The number of amides is 1. The van der Waals surface area contributed by atoms with Crippen LogP contribution in [0.15, 0.2) is 48.0 Å². The quantitative estimate of drug-likeness (QED) is 0.534. The van der Waals surface area contributed by atoms with Crippen LogP contribution in [-0.4, -0.2) is 30.7 Å². The Morgan fingerprint density at radius 3 is 2.46 bits per heavy atom. The SMILES string of the molecule is CCCOc1ccc(/C=C(\C#N)C(=O)Nc2ccc(C(=O)O)cc2)cc1OC. The van der Waals surface area contributed by atoms with E-state index in [1.165, 1.54) is 37.5 Å². The van der Waals surface area contributed by atoms with E-state index < -0.39 is 11.9 Å². The minimum Gasteiger partial charge on any atom is -0.493 e. The predicted molar refractivity (Wildman–Crippen MR) is 104 cm³/mol. The van der Waals surface area contributed by atoms with Gasteiger partial charge in [-0.05, 0) is 54.5 Å². The number of anilines is 1. The number of nitrogens with one attached hydrogen (secondary N) is 1. The summed E-state index contributed by atoms with van der Waals surface area (Å²) in [6, 6.07) is 12.6. The van der Waals surface area contributed by atoms with Crippen LogP contribution in [0.3, 0.4) is 0 Å². The van der Waals surface area contributed by atoms with Crippen LogP contribution in [0.4, 0.5) is 5.69 Å². The van der Waals surface area contributed by atoms with Gasteiger partial charge in [0.05, 0.1) is 19.3 Å². The highest BCUT2D eigenvalue weighted by Gasteiger charge is 2.12. The summed E-state index contributed by atoms with van der Waals surface area (Å²) in [5.74, 6) is -0.571. The van der Waals surface area contributed by atoms with Crippen LogP contribution in [-0.2, 0) is 4.79 Å². The fourth-order valence-electron chi connectivity index (χ4n) is 2.32. The molecule has 0 fully saturated rings. The van der Waals surface area contributed by atoms with E-state index in [2.05, 4.69) is 5.32 Å². The monoisotopic (exact) mass is 380 g/mol. The van der Waals surface area contributed by atoms with E-state index in [4.69, 9.17) is 14.6 Å². The third kappa shape index (κ3) is 5.35. The first-order valence-corrected chi connectivity index (χ1v) is 8.55. The number of methoxy groups -OCH3 is 1. The molecular weight excluding hydrogens is 360 g/mol. The highest BCUT2D eigenvalue weighted by atomic mass is 16.5. The van der Waals surface area contributed by atoms with Crippen molar-refractivity contribution >= 4 is 23.6 Å². The number of hydrogen-bond acceptors (Lipinski definition) is 5. The van der Waals surface area contributed by atoms with Crippen molar-refractivity contribution in [3.05, 3.63) is 59.2 Å². The van der Waals surface area contributed by atoms with Crippen molar-refractivity contribution in [1.29, 1.82) is 5.26 Å². The molecule has 0 bridgehead atoms. The molecule has 2 aromatic rings. The molecule has 0 unspecified atom stereocenters. The van der Waals surface area contributed by atoms with Gasteiger partial charge in [-0.1, -0.05) is 13.0 Å². The maximum Gasteiger partial charge on any atom is 0.335 e. The largest absolute Gasteiger partial charge is 0.493 e. The van der Waals surface area contributed by atoms with Crippen LogP contribution < -0.4 is 14.8 Å². The van der Waals surface area contributed by atoms with Gasteiger partial charge < -0.3 is 19.9 Å². The van der Waals surface area contributed by atoms with Crippen molar-refractivity contribution in [3.63, 3.8) is 0 Å². The lowest BCUT2D eigenvalue weighted by Crippen LogP contribution is -2.13. The summed E-state index contributed by atoms with van der Waals surface area (Å²) in [6.07, 6.45) is 2.30. The van der Waals surface area contributed by atoms with Gasteiger partial charge >= 0.3 is 5.97 Å².